The fraction of sp³-hybridized carbons (Fsp3) is 0.432. The van der Waals surface area contributed by atoms with Gasteiger partial charge in [-0.3, -0.25) is 4.79 Å². The van der Waals surface area contributed by atoms with Gasteiger partial charge in [0.05, 0.1) is 0 Å². The summed E-state index contributed by atoms with van der Waals surface area (Å²) in [7, 11) is 0. The lowest BCUT2D eigenvalue weighted by molar-refractivity contribution is 0.104. The quantitative estimate of drug-likeness (QED) is 0.168. The summed E-state index contributed by atoms with van der Waals surface area (Å²) in [6, 6.07) is 23.5. The standard InChI is InChI=1S/C29H38O.C8H10/c1-7-8-9-10-11-27(30)23-14-12-22(13-15-23)19-24-20-26-25(18-21(24)2)28(3,4)16-17-29(26,5)6;1-2-8-6-4-3-5-7-8/h10-15,18,20H,7-9,16-17,19H2,1-6H3;3-7H,2H2,1H3. The summed E-state index contributed by atoms with van der Waals surface area (Å²) in [6.45, 7) is 16.1. The van der Waals surface area contributed by atoms with Crippen LogP contribution in [0, 0.1) is 6.92 Å². The molecule has 0 amide bonds. The van der Waals surface area contributed by atoms with Crippen molar-refractivity contribution in [2.24, 2.45) is 0 Å². The maximum absolute atomic E-state index is 12.3. The van der Waals surface area contributed by atoms with E-state index < -0.39 is 0 Å². The van der Waals surface area contributed by atoms with E-state index in [1.54, 1.807) is 6.08 Å². The van der Waals surface area contributed by atoms with Crippen LogP contribution in [0.5, 0.6) is 0 Å². The molecule has 4 rings (SSSR count). The van der Waals surface area contributed by atoms with Crippen LogP contribution in [0.2, 0.25) is 0 Å². The molecule has 1 aliphatic rings. The second-order valence-corrected chi connectivity index (χ2v) is 12.2. The second kappa shape index (κ2) is 13.2. The zero-order valence-electron chi connectivity index (χ0n) is 24.9. The molecule has 0 aromatic heterocycles. The van der Waals surface area contributed by atoms with Crippen LogP contribution in [0.25, 0.3) is 0 Å². The Balaban J connectivity index is 0.000000427. The van der Waals surface area contributed by atoms with Crippen LogP contribution in [0.1, 0.15) is 117 Å². The third-order valence-corrected chi connectivity index (χ3v) is 8.19. The average Bonchev–Trinajstić information content (AvgIpc) is 2.91. The van der Waals surface area contributed by atoms with Gasteiger partial charge in [-0.2, -0.15) is 0 Å². The molecule has 0 fully saturated rings. The molecule has 0 saturated carbocycles. The van der Waals surface area contributed by atoms with Crippen molar-refractivity contribution < 1.29 is 4.79 Å². The molecule has 0 spiro atoms. The lowest BCUT2D eigenvalue weighted by atomic mass is 9.62. The van der Waals surface area contributed by atoms with Gasteiger partial charge in [-0.1, -0.05) is 127 Å². The second-order valence-electron chi connectivity index (χ2n) is 12.2. The fourth-order valence-electron chi connectivity index (χ4n) is 5.29. The summed E-state index contributed by atoms with van der Waals surface area (Å²) in [5.74, 6) is 0.103. The summed E-state index contributed by atoms with van der Waals surface area (Å²) in [6.07, 6.45) is 11.5. The Hall–Kier alpha value is -2.93. The number of ketones is 1. The Morgan fingerprint density at radius 2 is 1.42 bits per heavy atom. The number of hydrogen-bond acceptors (Lipinski definition) is 1. The Bertz CT molecular complexity index is 1210. The van der Waals surface area contributed by atoms with E-state index >= 15 is 0 Å². The number of aryl methyl sites for hydroxylation is 2. The van der Waals surface area contributed by atoms with Gasteiger partial charge in [0, 0.05) is 5.56 Å². The molecular weight excluding hydrogens is 460 g/mol. The van der Waals surface area contributed by atoms with Gasteiger partial charge in [0.25, 0.3) is 0 Å². The highest BCUT2D eigenvalue weighted by Gasteiger charge is 2.37. The van der Waals surface area contributed by atoms with E-state index in [0.717, 1.165) is 37.7 Å². The van der Waals surface area contributed by atoms with Crippen LogP contribution in [-0.2, 0) is 23.7 Å². The predicted octanol–water partition coefficient (Wildman–Crippen LogP) is 10.1. The zero-order valence-corrected chi connectivity index (χ0v) is 24.9. The summed E-state index contributed by atoms with van der Waals surface area (Å²) in [5, 5.41) is 0. The van der Waals surface area contributed by atoms with Gasteiger partial charge in [-0.05, 0) is 89.3 Å². The molecule has 0 unspecified atom stereocenters. The first kappa shape index (κ1) is 29.6. The summed E-state index contributed by atoms with van der Waals surface area (Å²) >= 11 is 0. The van der Waals surface area contributed by atoms with Crippen LogP contribution in [-0.4, -0.2) is 5.78 Å². The summed E-state index contributed by atoms with van der Waals surface area (Å²) < 4.78 is 0. The zero-order chi connectivity index (χ0) is 27.8. The Morgan fingerprint density at radius 1 is 0.816 bits per heavy atom. The van der Waals surface area contributed by atoms with Crippen LogP contribution in [0.4, 0.5) is 0 Å². The van der Waals surface area contributed by atoms with Gasteiger partial charge < -0.3 is 0 Å². The summed E-state index contributed by atoms with van der Waals surface area (Å²) in [5.41, 5.74) is 9.74. The lowest BCUT2D eigenvalue weighted by Gasteiger charge is -2.42. The van der Waals surface area contributed by atoms with Gasteiger partial charge in [-0.15, -0.1) is 0 Å². The molecule has 3 aromatic carbocycles. The normalized spacial score (nSPS) is 15.4. The highest BCUT2D eigenvalue weighted by Crippen LogP contribution is 2.46. The van der Waals surface area contributed by atoms with Gasteiger partial charge in [0.2, 0.25) is 0 Å². The van der Waals surface area contributed by atoms with Crippen molar-refractivity contribution in [3.05, 3.63) is 118 Å². The molecule has 0 aliphatic heterocycles. The molecule has 3 aromatic rings. The van der Waals surface area contributed by atoms with Crippen LogP contribution >= 0.6 is 0 Å². The molecule has 0 N–H and O–H groups in total. The largest absolute Gasteiger partial charge is 0.289 e. The van der Waals surface area contributed by atoms with Gasteiger partial charge >= 0.3 is 0 Å². The number of unbranched alkanes of at least 4 members (excludes halogenated alkanes) is 2. The molecule has 1 heteroatoms. The maximum atomic E-state index is 12.3. The number of hydrogen-bond donors (Lipinski definition) is 0. The SMILES string of the molecule is CCCCC=CC(=O)c1ccc(Cc2cc3c(cc2C)C(C)(C)CCC3(C)C)cc1.CCc1ccccc1. The van der Waals surface area contributed by atoms with Crippen LogP contribution in [0.15, 0.2) is 78.9 Å². The molecule has 1 nitrogen and oxygen atoms in total. The van der Waals surface area contributed by atoms with Crippen molar-refractivity contribution >= 4 is 5.78 Å². The van der Waals surface area contributed by atoms with Crippen molar-refractivity contribution in [2.45, 2.75) is 104 Å². The van der Waals surface area contributed by atoms with E-state index in [1.165, 1.54) is 46.2 Å². The Kier molecular flexibility index (Phi) is 10.3. The van der Waals surface area contributed by atoms with Gasteiger partial charge in [0.15, 0.2) is 5.78 Å². The number of carbonyl (C=O) groups is 1. The lowest BCUT2D eigenvalue weighted by Crippen LogP contribution is -2.34. The first-order chi connectivity index (χ1) is 18.1. The monoisotopic (exact) mass is 508 g/mol. The van der Waals surface area contributed by atoms with Gasteiger partial charge in [0.1, 0.15) is 0 Å². The number of fused-ring (bicyclic) bond motifs is 1. The van der Waals surface area contributed by atoms with E-state index in [0.29, 0.717) is 0 Å². The minimum Gasteiger partial charge on any atom is -0.289 e. The molecule has 0 radical (unpaired) electrons. The molecule has 202 valence electrons. The maximum Gasteiger partial charge on any atom is 0.185 e. The number of carbonyl (C=O) groups excluding carboxylic acids is 1. The fourth-order valence-corrected chi connectivity index (χ4v) is 5.29. The Morgan fingerprint density at radius 3 is 1.97 bits per heavy atom. The van der Waals surface area contributed by atoms with E-state index in [4.69, 9.17) is 0 Å². The highest BCUT2D eigenvalue weighted by molar-refractivity contribution is 6.04. The molecule has 1 aliphatic carbocycles. The predicted molar refractivity (Wildman–Crippen MR) is 165 cm³/mol. The third-order valence-electron chi connectivity index (χ3n) is 8.19. The van der Waals surface area contributed by atoms with E-state index in [9.17, 15) is 4.79 Å². The van der Waals surface area contributed by atoms with Crippen LogP contribution in [0.3, 0.4) is 0 Å². The smallest absolute Gasteiger partial charge is 0.185 e. The molecule has 38 heavy (non-hydrogen) atoms. The molecular formula is C37H48O. The van der Waals surface area contributed by atoms with Crippen molar-refractivity contribution in [1.29, 1.82) is 0 Å². The number of benzene rings is 3. The molecule has 0 saturated heterocycles. The van der Waals surface area contributed by atoms with Crippen molar-refractivity contribution in [1.82, 2.24) is 0 Å². The first-order valence-corrected chi connectivity index (χ1v) is 14.6. The number of allylic oxidation sites excluding steroid dienone is 2. The van der Waals surface area contributed by atoms with Crippen molar-refractivity contribution in [3.8, 4) is 0 Å². The molecule has 0 bridgehead atoms. The highest BCUT2D eigenvalue weighted by atomic mass is 16.1. The topological polar surface area (TPSA) is 17.1 Å². The van der Waals surface area contributed by atoms with Crippen molar-refractivity contribution in [2.75, 3.05) is 0 Å². The Labute approximate surface area is 232 Å². The first-order valence-electron chi connectivity index (χ1n) is 14.6. The molecule has 0 heterocycles. The van der Waals surface area contributed by atoms with Gasteiger partial charge in [-0.25, -0.2) is 0 Å². The van der Waals surface area contributed by atoms with E-state index in [2.05, 4.69) is 97.0 Å². The number of rotatable bonds is 8. The van der Waals surface area contributed by atoms with E-state index in [1.807, 2.05) is 24.3 Å². The minimum atomic E-state index is 0.103. The van der Waals surface area contributed by atoms with E-state index in [-0.39, 0.29) is 16.6 Å². The summed E-state index contributed by atoms with van der Waals surface area (Å²) in [4.78, 5) is 12.3. The van der Waals surface area contributed by atoms with Crippen molar-refractivity contribution in [3.63, 3.8) is 0 Å². The van der Waals surface area contributed by atoms with Crippen LogP contribution < -0.4 is 0 Å². The third kappa shape index (κ3) is 7.79. The minimum absolute atomic E-state index is 0.103. The molecule has 0 atom stereocenters. The average molecular weight is 509 g/mol.